The largest absolute Gasteiger partial charge is 0.383 e. The summed E-state index contributed by atoms with van der Waals surface area (Å²) in [5.41, 5.74) is 0.553. The Hall–Kier alpha value is -1.26. The molecule has 1 unspecified atom stereocenters. The van der Waals surface area contributed by atoms with Crippen LogP contribution in [0.4, 0.5) is 4.39 Å². The van der Waals surface area contributed by atoms with Crippen molar-refractivity contribution in [2.24, 2.45) is 0 Å². The van der Waals surface area contributed by atoms with Crippen molar-refractivity contribution >= 4 is 5.78 Å². The number of ketones is 1. The number of methoxy groups -OCH3 is 1. The molecule has 0 saturated carbocycles. The second-order valence-electron chi connectivity index (χ2n) is 5.25. The molecule has 0 heterocycles. The van der Waals surface area contributed by atoms with E-state index in [0.29, 0.717) is 18.2 Å². The van der Waals surface area contributed by atoms with Crippen molar-refractivity contribution in [1.29, 1.82) is 0 Å². The minimum atomic E-state index is -0.324. The Kier molecular flexibility index (Phi) is 7.54. The number of halogens is 1. The first kappa shape index (κ1) is 17.8. The SMILES string of the molecule is CCC(CC)N(CCOC)C(C)C(=O)c1ccc(F)cc1. The first-order valence-electron chi connectivity index (χ1n) is 7.59. The summed E-state index contributed by atoms with van der Waals surface area (Å²) < 4.78 is 18.1. The minimum absolute atomic E-state index is 0.0259. The average molecular weight is 295 g/mol. The van der Waals surface area contributed by atoms with Crippen molar-refractivity contribution in [3.63, 3.8) is 0 Å². The van der Waals surface area contributed by atoms with Gasteiger partial charge in [-0.15, -0.1) is 0 Å². The summed E-state index contributed by atoms with van der Waals surface area (Å²) in [6.07, 6.45) is 1.97. The van der Waals surface area contributed by atoms with Gasteiger partial charge in [-0.2, -0.15) is 0 Å². The highest BCUT2D eigenvalue weighted by Gasteiger charge is 2.26. The third-order valence-corrected chi connectivity index (χ3v) is 3.97. The van der Waals surface area contributed by atoms with Gasteiger partial charge >= 0.3 is 0 Å². The zero-order valence-electron chi connectivity index (χ0n) is 13.4. The molecule has 0 radical (unpaired) electrons. The molecule has 0 bridgehead atoms. The molecule has 0 aromatic heterocycles. The predicted molar refractivity (Wildman–Crippen MR) is 83.1 cm³/mol. The molecule has 1 aromatic rings. The number of Topliss-reactive ketones (excluding diaryl/α,β-unsaturated/α-hetero) is 1. The van der Waals surface area contributed by atoms with Gasteiger partial charge in [0.05, 0.1) is 12.6 Å². The highest BCUT2D eigenvalue weighted by molar-refractivity contribution is 5.99. The van der Waals surface area contributed by atoms with Gasteiger partial charge in [-0.1, -0.05) is 13.8 Å². The van der Waals surface area contributed by atoms with Crippen molar-refractivity contribution in [2.75, 3.05) is 20.3 Å². The van der Waals surface area contributed by atoms with E-state index < -0.39 is 0 Å². The van der Waals surface area contributed by atoms with Crippen LogP contribution in [0.25, 0.3) is 0 Å². The van der Waals surface area contributed by atoms with Crippen molar-refractivity contribution in [2.45, 2.75) is 45.7 Å². The molecule has 1 rings (SSSR count). The molecule has 0 aliphatic rings. The van der Waals surface area contributed by atoms with E-state index in [1.807, 2.05) is 6.92 Å². The fourth-order valence-electron chi connectivity index (χ4n) is 2.65. The van der Waals surface area contributed by atoms with Gasteiger partial charge in [0.1, 0.15) is 5.82 Å². The Morgan fingerprint density at radius 1 is 1.24 bits per heavy atom. The Bertz CT molecular complexity index is 429. The van der Waals surface area contributed by atoms with Gasteiger partial charge in [0.25, 0.3) is 0 Å². The number of ether oxygens (including phenoxy) is 1. The summed E-state index contributed by atoms with van der Waals surface area (Å²) in [4.78, 5) is 14.8. The molecular formula is C17H26FNO2. The summed E-state index contributed by atoms with van der Waals surface area (Å²) in [5, 5.41) is 0. The van der Waals surface area contributed by atoms with Crippen LogP contribution < -0.4 is 0 Å². The molecule has 0 saturated heterocycles. The van der Waals surface area contributed by atoms with E-state index in [0.717, 1.165) is 19.4 Å². The van der Waals surface area contributed by atoms with Gasteiger partial charge in [-0.25, -0.2) is 4.39 Å². The first-order chi connectivity index (χ1) is 10.0. The molecule has 118 valence electrons. The number of benzene rings is 1. The van der Waals surface area contributed by atoms with Crippen LogP contribution in [0.15, 0.2) is 24.3 Å². The molecule has 1 atom stereocenters. The Balaban J connectivity index is 2.89. The van der Waals surface area contributed by atoms with Crippen LogP contribution in [0.3, 0.4) is 0 Å². The number of carbonyl (C=O) groups is 1. The van der Waals surface area contributed by atoms with Gasteiger partial charge < -0.3 is 4.74 Å². The molecule has 0 amide bonds. The summed E-state index contributed by atoms with van der Waals surface area (Å²) in [6.45, 7) is 7.49. The van der Waals surface area contributed by atoms with E-state index in [4.69, 9.17) is 4.74 Å². The Labute approximate surface area is 127 Å². The van der Waals surface area contributed by atoms with Crippen LogP contribution in [0.1, 0.15) is 44.0 Å². The molecule has 0 spiro atoms. The van der Waals surface area contributed by atoms with Gasteiger partial charge in [-0.3, -0.25) is 9.69 Å². The second kappa shape index (κ2) is 8.90. The zero-order chi connectivity index (χ0) is 15.8. The number of hydrogen-bond donors (Lipinski definition) is 0. The van der Waals surface area contributed by atoms with E-state index in [-0.39, 0.29) is 17.6 Å². The molecular weight excluding hydrogens is 269 g/mol. The predicted octanol–water partition coefficient (Wildman–Crippen LogP) is 3.53. The summed E-state index contributed by atoms with van der Waals surface area (Å²) >= 11 is 0. The van der Waals surface area contributed by atoms with Crippen LogP contribution >= 0.6 is 0 Å². The lowest BCUT2D eigenvalue weighted by Crippen LogP contribution is -2.47. The monoisotopic (exact) mass is 295 g/mol. The fraction of sp³-hybridized carbons (Fsp3) is 0.588. The summed E-state index contributed by atoms with van der Waals surface area (Å²) in [7, 11) is 1.66. The van der Waals surface area contributed by atoms with E-state index in [2.05, 4.69) is 18.7 Å². The molecule has 0 N–H and O–H groups in total. The lowest BCUT2D eigenvalue weighted by molar-refractivity contribution is 0.0632. The maximum absolute atomic E-state index is 13.0. The van der Waals surface area contributed by atoms with Crippen LogP contribution in [0, 0.1) is 5.82 Å². The topological polar surface area (TPSA) is 29.5 Å². The van der Waals surface area contributed by atoms with Gasteiger partial charge in [0.15, 0.2) is 5.78 Å². The maximum atomic E-state index is 13.0. The molecule has 0 aliphatic heterocycles. The van der Waals surface area contributed by atoms with E-state index in [1.54, 1.807) is 19.2 Å². The van der Waals surface area contributed by atoms with Crippen molar-refractivity contribution < 1.29 is 13.9 Å². The number of rotatable bonds is 9. The van der Waals surface area contributed by atoms with Crippen molar-refractivity contribution in [3.05, 3.63) is 35.6 Å². The summed E-state index contributed by atoms with van der Waals surface area (Å²) in [6, 6.07) is 5.87. The van der Waals surface area contributed by atoms with E-state index in [9.17, 15) is 9.18 Å². The lowest BCUT2D eigenvalue weighted by atomic mass is 10.0. The summed E-state index contributed by atoms with van der Waals surface area (Å²) in [5.74, 6) is -0.298. The third kappa shape index (κ3) is 4.90. The Morgan fingerprint density at radius 2 is 1.81 bits per heavy atom. The number of carbonyl (C=O) groups excluding carboxylic acids is 1. The molecule has 4 heteroatoms. The zero-order valence-corrected chi connectivity index (χ0v) is 13.4. The molecule has 0 aliphatic carbocycles. The quantitative estimate of drug-likeness (QED) is 0.653. The highest BCUT2D eigenvalue weighted by atomic mass is 19.1. The van der Waals surface area contributed by atoms with Gasteiger partial charge in [-0.05, 0) is 44.0 Å². The average Bonchev–Trinajstić information content (AvgIpc) is 2.51. The molecule has 21 heavy (non-hydrogen) atoms. The van der Waals surface area contributed by atoms with E-state index in [1.165, 1.54) is 12.1 Å². The Morgan fingerprint density at radius 3 is 2.29 bits per heavy atom. The van der Waals surface area contributed by atoms with Crippen LogP contribution in [-0.4, -0.2) is 43.0 Å². The van der Waals surface area contributed by atoms with Crippen LogP contribution in [-0.2, 0) is 4.74 Å². The molecule has 1 aromatic carbocycles. The number of hydrogen-bond acceptors (Lipinski definition) is 3. The molecule has 3 nitrogen and oxygen atoms in total. The maximum Gasteiger partial charge on any atom is 0.179 e. The third-order valence-electron chi connectivity index (χ3n) is 3.97. The van der Waals surface area contributed by atoms with Gasteiger partial charge in [0.2, 0.25) is 0 Å². The van der Waals surface area contributed by atoms with Crippen LogP contribution in [0.5, 0.6) is 0 Å². The first-order valence-corrected chi connectivity index (χ1v) is 7.59. The highest BCUT2D eigenvalue weighted by Crippen LogP contribution is 2.16. The van der Waals surface area contributed by atoms with Gasteiger partial charge in [0, 0.05) is 25.3 Å². The normalized spacial score (nSPS) is 12.9. The smallest absolute Gasteiger partial charge is 0.179 e. The van der Waals surface area contributed by atoms with Crippen molar-refractivity contribution in [1.82, 2.24) is 4.90 Å². The second-order valence-corrected chi connectivity index (χ2v) is 5.25. The fourth-order valence-corrected chi connectivity index (χ4v) is 2.65. The lowest BCUT2D eigenvalue weighted by Gasteiger charge is -2.34. The van der Waals surface area contributed by atoms with Crippen molar-refractivity contribution in [3.8, 4) is 0 Å². The molecule has 0 fully saturated rings. The number of nitrogens with zero attached hydrogens (tertiary/aromatic N) is 1. The standard InChI is InChI=1S/C17H26FNO2/c1-5-16(6-2)19(11-12-21-4)13(3)17(20)14-7-9-15(18)10-8-14/h7-10,13,16H,5-6,11-12H2,1-4H3. The minimum Gasteiger partial charge on any atom is -0.383 e. The van der Waals surface area contributed by atoms with E-state index >= 15 is 0 Å². The van der Waals surface area contributed by atoms with Crippen LogP contribution in [0.2, 0.25) is 0 Å².